The summed E-state index contributed by atoms with van der Waals surface area (Å²) in [5, 5.41) is 9.38. The number of carbonyl (C=O) groups is 1. The Labute approximate surface area is 105 Å². The molecule has 17 heavy (non-hydrogen) atoms. The number of phenols is 1. The Hall–Kier alpha value is -1.62. The molecule has 4 nitrogen and oxygen atoms in total. The molecule has 0 unspecified atom stereocenters. The Bertz CT molecular complexity index is 483. The number of carbonyl (C=O) groups excluding carboxylic acids is 1. The van der Waals surface area contributed by atoms with Crippen LogP contribution in [0.5, 0.6) is 5.75 Å². The first kappa shape index (κ1) is 11.9. The van der Waals surface area contributed by atoms with Gasteiger partial charge in [0.15, 0.2) is 0 Å². The lowest BCUT2D eigenvalue weighted by Gasteiger charge is -2.22. The number of rotatable bonds is 3. The lowest BCUT2D eigenvalue weighted by Crippen LogP contribution is -2.40. The van der Waals surface area contributed by atoms with E-state index < -0.39 is 5.41 Å². The van der Waals surface area contributed by atoms with Crippen LogP contribution in [0.25, 0.3) is 0 Å². The van der Waals surface area contributed by atoms with Gasteiger partial charge in [0, 0.05) is 18.8 Å². The van der Waals surface area contributed by atoms with Gasteiger partial charge in [-0.05, 0) is 25.0 Å². The number of aromatic hydroxyl groups is 1. The average Bonchev–Trinajstić information content (AvgIpc) is 3.08. The Balaban J connectivity index is 2.24. The van der Waals surface area contributed by atoms with E-state index in [0.29, 0.717) is 18.5 Å². The molecule has 1 aromatic carbocycles. The first-order valence-corrected chi connectivity index (χ1v) is 5.75. The second kappa shape index (κ2) is 4.00. The maximum atomic E-state index is 12.3. The fourth-order valence-corrected chi connectivity index (χ4v) is 2.12. The Morgan fingerprint density at radius 1 is 1.53 bits per heavy atom. The van der Waals surface area contributed by atoms with Crippen LogP contribution in [0.3, 0.4) is 0 Å². The molecule has 1 aliphatic carbocycles. The number of hydrogen-bond donors (Lipinski definition) is 2. The van der Waals surface area contributed by atoms with Crippen LogP contribution in [0.4, 0.5) is 5.69 Å². The first-order valence-electron chi connectivity index (χ1n) is 5.34. The molecule has 1 fully saturated rings. The monoisotopic (exact) mass is 250 g/mol. The van der Waals surface area contributed by atoms with Crippen molar-refractivity contribution in [1.82, 2.24) is 0 Å². The van der Waals surface area contributed by atoms with Gasteiger partial charge < -0.3 is 15.7 Å². The average molecular weight is 250 g/mol. The number of phenolic OH excluding ortho intramolecular Hbond substituents is 1. The van der Waals surface area contributed by atoms with Gasteiger partial charge in [-0.1, -0.05) is 18.3 Å². The van der Waals surface area contributed by atoms with Crippen LogP contribution in [0.2, 0.25) is 0 Å². The van der Waals surface area contributed by atoms with E-state index >= 15 is 0 Å². The predicted molar refractivity (Wildman–Crippen MR) is 70.0 cm³/mol. The van der Waals surface area contributed by atoms with Crippen molar-refractivity contribution in [3.63, 3.8) is 0 Å². The standard InChI is InChI=1S/C12H14N2O2S/c1-14(8-3-2-4-9(15)7-8)11(16)12(5-6-12)10(13)17/h2-4,7,15H,5-6H2,1H3,(H2,13,17). The van der Waals surface area contributed by atoms with Crippen molar-refractivity contribution in [2.75, 3.05) is 11.9 Å². The highest BCUT2D eigenvalue weighted by atomic mass is 32.1. The largest absolute Gasteiger partial charge is 0.508 e. The van der Waals surface area contributed by atoms with Crippen molar-refractivity contribution < 1.29 is 9.90 Å². The third-order valence-corrected chi connectivity index (χ3v) is 3.54. The van der Waals surface area contributed by atoms with Gasteiger partial charge in [-0.15, -0.1) is 0 Å². The van der Waals surface area contributed by atoms with Crippen molar-refractivity contribution in [2.45, 2.75) is 12.8 Å². The summed E-state index contributed by atoms with van der Waals surface area (Å²) in [6.45, 7) is 0. The molecule has 90 valence electrons. The molecular weight excluding hydrogens is 236 g/mol. The molecule has 1 saturated carbocycles. The van der Waals surface area contributed by atoms with Crippen LogP contribution in [0.15, 0.2) is 24.3 Å². The minimum Gasteiger partial charge on any atom is -0.508 e. The van der Waals surface area contributed by atoms with E-state index in [4.69, 9.17) is 18.0 Å². The first-order chi connectivity index (χ1) is 7.97. The second-order valence-electron chi connectivity index (χ2n) is 4.33. The van der Waals surface area contributed by atoms with Crippen LogP contribution >= 0.6 is 12.2 Å². The van der Waals surface area contributed by atoms with Crippen LogP contribution in [-0.2, 0) is 4.79 Å². The molecule has 0 aliphatic heterocycles. The molecule has 0 atom stereocenters. The Kier molecular flexibility index (Phi) is 2.79. The second-order valence-corrected chi connectivity index (χ2v) is 4.77. The van der Waals surface area contributed by atoms with E-state index in [-0.39, 0.29) is 16.6 Å². The van der Waals surface area contributed by atoms with Crippen LogP contribution in [0, 0.1) is 5.41 Å². The van der Waals surface area contributed by atoms with Gasteiger partial charge >= 0.3 is 0 Å². The number of benzene rings is 1. The minimum absolute atomic E-state index is 0.101. The minimum atomic E-state index is -0.657. The van der Waals surface area contributed by atoms with Crippen molar-refractivity contribution in [3.8, 4) is 5.75 Å². The molecule has 2 rings (SSSR count). The summed E-state index contributed by atoms with van der Waals surface area (Å²) in [5.41, 5.74) is 5.59. The van der Waals surface area contributed by atoms with Crippen molar-refractivity contribution >= 4 is 28.8 Å². The number of hydrogen-bond acceptors (Lipinski definition) is 3. The molecule has 0 aromatic heterocycles. The topological polar surface area (TPSA) is 66.6 Å². The summed E-state index contributed by atoms with van der Waals surface area (Å²) < 4.78 is 0. The molecule has 1 amide bonds. The molecule has 0 heterocycles. The highest BCUT2D eigenvalue weighted by molar-refractivity contribution is 7.80. The molecule has 1 aliphatic rings. The van der Waals surface area contributed by atoms with Crippen molar-refractivity contribution in [2.24, 2.45) is 11.1 Å². The van der Waals surface area contributed by atoms with E-state index in [9.17, 15) is 9.90 Å². The number of amides is 1. The Morgan fingerprint density at radius 2 is 2.18 bits per heavy atom. The number of anilines is 1. The van der Waals surface area contributed by atoms with Gasteiger partial charge in [-0.25, -0.2) is 0 Å². The van der Waals surface area contributed by atoms with Gasteiger partial charge in [0.05, 0.1) is 10.4 Å². The summed E-state index contributed by atoms with van der Waals surface area (Å²) >= 11 is 4.95. The van der Waals surface area contributed by atoms with E-state index in [1.165, 1.54) is 11.0 Å². The van der Waals surface area contributed by atoms with E-state index in [1.54, 1.807) is 25.2 Å². The van der Waals surface area contributed by atoms with E-state index in [0.717, 1.165) is 0 Å². The highest BCUT2D eigenvalue weighted by Gasteiger charge is 2.54. The summed E-state index contributed by atoms with van der Waals surface area (Å²) in [6.07, 6.45) is 1.43. The van der Waals surface area contributed by atoms with Crippen LogP contribution in [-0.4, -0.2) is 23.0 Å². The normalized spacial score (nSPS) is 16.3. The fourth-order valence-electron chi connectivity index (χ4n) is 1.83. The smallest absolute Gasteiger partial charge is 0.239 e. The van der Waals surface area contributed by atoms with Gasteiger partial charge in [0.2, 0.25) is 5.91 Å². The maximum Gasteiger partial charge on any atom is 0.239 e. The third kappa shape index (κ3) is 1.98. The molecule has 5 heteroatoms. The van der Waals surface area contributed by atoms with Crippen LogP contribution in [0.1, 0.15) is 12.8 Å². The molecule has 0 radical (unpaired) electrons. The predicted octanol–water partition coefficient (Wildman–Crippen LogP) is 1.42. The molecule has 3 N–H and O–H groups in total. The zero-order chi connectivity index (χ0) is 12.6. The molecule has 0 spiro atoms. The van der Waals surface area contributed by atoms with Crippen LogP contribution < -0.4 is 10.6 Å². The molecular formula is C12H14N2O2S. The number of nitrogens with zero attached hydrogens (tertiary/aromatic N) is 1. The highest BCUT2D eigenvalue weighted by Crippen LogP contribution is 2.47. The van der Waals surface area contributed by atoms with E-state index in [2.05, 4.69) is 0 Å². The maximum absolute atomic E-state index is 12.3. The van der Waals surface area contributed by atoms with E-state index in [1.807, 2.05) is 0 Å². The molecule has 1 aromatic rings. The fraction of sp³-hybridized carbons (Fsp3) is 0.333. The zero-order valence-electron chi connectivity index (χ0n) is 9.51. The zero-order valence-corrected chi connectivity index (χ0v) is 10.3. The Morgan fingerprint density at radius 3 is 2.65 bits per heavy atom. The molecule has 0 bridgehead atoms. The lowest BCUT2D eigenvalue weighted by molar-refractivity contribution is -0.121. The summed E-state index contributed by atoms with van der Waals surface area (Å²) in [6, 6.07) is 6.54. The van der Waals surface area contributed by atoms with Crippen molar-refractivity contribution in [3.05, 3.63) is 24.3 Å². The number of thiocarbonyl (C=S) groups is 1. The summed E-state index contributed by atoms with van der Waals surface area (Å²) in [7, 11) is 1.66. The van der Waals surface area contributed by atoms with Gasteiger partial charge in [-0.3, -0.25) is 4.79 Å². The quantitative estimate of drug-likeness (QED) is 0.796. The summed E-state index contributed by atoms with van der Waals surface area (Å²) in [4.78, 5) is 14.0. The van der Waals surface area contributed by atoms with Crippen molar-refractivity contribution in [1.29, 1.82) is 0 Å². The van der Waals surface area contributed by atoms with Gasteiger partial charge in [0.25, 0.3) is 0 Å². The lowest BCUT2D eigenvalue weighted by atomic mass is 10.1. The van der Waals surface area contributed by atoms with Gasteiger partial charge in [0.1, 0.15) is 5.75 Å². The number of nitrogens with two attached hydrogens (primary N) is 1. The summed E-state index contributed by atoms with van der Waals surface area (Å²) in [5.74, 6) is 0.0259. The SMILES string of the molecule is CN(C(=O)C1(C(N)=S)CC1)c1cccc(O)c1. The third-order valence-electron chi connectivity index (χ3n) is 3.15. The van der Waals surface area contributed by atoms with Gasteiger partial charge in [-0.2, -0.15) is 0 Å². The molecule has 0 saturated heterocycles.